The lowest BCUT2D eigenvalue weighted by Crippen LogP contribution is -2.07. The molecular formula is C14H9Cl2FO2. The Hall–Kier alpha value is -1.58. The third-order valence-electron chi connectivity index (χ3n) is 2.60. The minimum Gasteiger partial charge on any atom is -0.496 e. The molecule has 0 radical (unpaired) electrons. The van der Waals surface area contributed by atoms with Gasteiger partial charge in [-0.3, -0.25) is 4.79 Å². The number of halogens is 3. The summed E-state index contributed by atoms with van der Waals surface area (Å²) in [6, 6.07) is 8.59. The SMILES string of the molecule is COc1cccc(F)c1C(=O)c1ccc(Cl)cc1Cl. The first kappa shape index (κ1) is 13.8. The Kier molecular flexibility index (Phi) is 4.08. The first-order valence-corrected chi connectivity index (χ1v) is 6.12. The molecule has 0 amide bonds. The molecule has 0 saturated carbocycles. The van der Waals surface area contributed by atoms with E-state index in [0.717, 1.165) is 0 Å². The van der Waals surface area contributed by atoms with Gasteiger partial charge in [-0.1, -0.05) is 29.3 Å². The fraction of sp³-hybridized carbons (Fsp3) is 0.0714. The van der Waals surface area contributed by atoms with Gasteiger partial charge in [0.2, 0.25) is 5.78 Å². The Bertz CT molecular complexity index is 641. The lowest BCUT2D eigenvalue weighted by Gasteiger charge is -2.09. The summed E-state index contributed by atoms with van der Waals surface area (Å²) in [7, 11) is 1.37. The Balaban J connectivity index is 2.56. The number of rotatable bonds is 3. The highest BCUT2D eigenvalue weighted by Crippen LogP contribution is 2.28. The lowest BCUT2D eigenvalue weighted by molar-refractivity contribution is 0.103. The highest BCUT2D eigenvalue weighted by atomic mass is 35.5. The summed E-state index contributed by atoms with van der Waals surface area (Å²) in [5.41, 5.74) is 0.0312. The number of methoxy groups -OCH3 is 1. The predicted molar refractivity (Wildman–Crippen MR) is 72.8 cm³/mol. The van der Waals surface area contributed by atoms with E-state index in [0.29, 0.717) is 5.02 Å². The molecule has 0 spiro atoms. The van der Waals surface area contributed by atoms with E-state index in [1.807, 2.05) is 0 Å². The van der Waals surface area contributed by atoms with Crippen LogP contribution in [0.4, 0.5) is 4.39 Å². The monoisotopic (exact) mass is 298 g/mol. The molecule has 0 atom stereocenters. The molecule has 0 aliphatic heterocycles. The second-order valence-electron chi connectivity index (χ2n) is 3.77. The van der Waals surface area contributed by atoms with Crippen molar-refractivity contribution in [1.29, 1.82) is 0 Å². The third-order valence-corrected chi connectivity index (χ3v) is 3.15. The van der Waals surface area contributed by atoms with Crippen LogP contribution >= 0.6 is 23.2 Å². The minimum atomic E-state index is -0.657. The number of hydrogen-bond acceptors (Lipinski definition) is 2. The van der Waals surface area contributed by atoms with E-state index in [4.69, 9.17) is 27.9 Å². The van der Waals surface area contributed by atoms with Gasteiger partial charge < -0.3 is 4.74 Å². The molecule has 0 saturated heterocycles. The van der Waals surface area contributed by atoms with E-state index >= 15 is 0 Å². The molecule has 0 aromatic heterocycles. The van der Waals surface area contributed by atoms with Crippen LogP contribution < -0.4 is 4.74 Å². The van der Waals surface area contributed by atoms with Crippen molar-refractivity contribution >= 4 is 29.0 Å². The van der Waals surface area contributed by atoms with Crippen molar-refractivity contribution in [2.45, 2.75) is 0 Å². The molecule has 0 heterocycles. The van der Waals surface area contributed by atoms with E-state index < -0.39 is 11.6 Å². The Labute approximate surface area is 119 Å². The van der Waals surface area contributed by atoms with Crippen LogP contribution in [-0.2, 0) is 0 Å². The van der Waals surface area contributed by atoms with Crippen molar-refractivity contribution in [3.63, 3.8) is 0 Å². The Morgan fingerprint density at radius 1 is 1.21 bits per heavy atom. The molecule has 0 bridgehead atoms. The van der Waals surface area contributed by atoms with Crippen molar-refractivity contribution in [3.8, 4) is 5.75 Å². The molecular weight excluding hydrogens is 290 g/mol. The minimum absolute atomic E-state index is 0.144. The van der Waals surface area contributed by atoms with Gasteiger partial charge in [-0.25, -0.2) is 4.39 Å². The predicted octanol–water partition coefficient (Wildman–Crippen LogP) is 4.37. The van der Waals surface area contributed by atoms with Crippen LogP contribution in [0.2, 0.25) is 10.0 Å². The summed E-state index contributed by atoms with van der Waals surface area (Å²) < 4.78 is 18.8. The molecule has 2 rings (SSSR count). The van der Waals surface area contributed by atoms with Crippen molar-refractivity contribution in [2.75, 3.05) is 7.11 Å². The maximum absolute atomic E-state index is 13.8. The summed E-state index contributed by atoms with van der Waals surface area (Å²) in [6.07, 6.45) is 0. The second-order valence-corrected chi connectivity index (χ2v) is 4.61. The van der Waals surface area contributed by atoms with Crippen LogP contribution in [-0.4, -0.2) is 12.9 Å². The molecule has 0 unspecified atom stereocenters. The zero-order valence-electron chi connectivity index (χ0n) is 9.91. The smallest absolute Gasteiger partial charge is 0.201 e. The van der Waals surface area contributed by atoms with Crippen molar-refractivity contribution in [1.82, 2.24) is 0 Å². The van der Waals surface area contributed by atoms with Gasteiger partial charge in [0.25, 0.3) is 0 Å². The van der Waals surface area contributed by atoms with Crippen molar-refractivity contribution in [2.24, 2.45) is 0 Å². The van der Waals surface area contributed by atoms with Gasteiger partial charge in [0.05, 0.1) is 12.1 Å². The van der Waals surface area contributed by atoms with E-state index in [2.05, 4.69) is 0 Å². The molecule has 0 aliphatic rings. The molecule has 0 N–H and O–H groups in total. The number of hydrogen-bond donors (Lipinski definition) is 0. The van der Waals surface area contributed by atoms with Gasteiger partial charge in [0.15, 0.2) is 0 Å². The maximum Gasteiger partial charge on any atom is 0.201 e. The van der Waals surface area contributed by atoms with Crippen LogP contribution in [0.5, 0.6) is 5.75 Å². The fourth-order valence-corrected chi connectivity index (χ4v) is 2.20. The highest BCUT2D eigenvalue weighted by Gasteiger charge is 2.21. The molecule has 98 valence electrons. The highest BCUT2D eigenvalue weighted by molar-refractivity contribution is 6.37. The molecule has 0 fully saturated rings. The number of ether oxygens (including phenoxy) is 1. The van der Waals surface area contributed by atoms with Crippen LogP contribution in [0.3, 0.4) is 0 Å². The summed E-state index contributed by atoms with van der Waals surface area (Å²) in [5.74, 6) is -1.04. The van der Waals surface area contributed by atoms with Crippen LogP contribution in [0.1, 0.15) is 15.9 Å². The molecule has 2 nitrogen and oxygen atoms in total. The first-order valence-electron chi connectivity index (χ1n) is 5.37. The Morgan fingerprint density at radius 2 is 1.95 bits per heavy atom. The van der Waals surface area contributed by atoms with Gasteiger partial charge in [-0.2, -0.15) is 0 Å². The molecule has 2 aromatic carbocycles. The number of carbonyl (C=O) groups excluding carboxylic acids is 1. The molecule has 5 heteroatoms. The zero-order chi connectivity index (χ0) is 14.0. The summed E-state index contributed by atoms with van der Waals surface area (Å²) in [6.45, 7) is 0. The average Bonchev–Trinajstić information content (AvgIpc) is 2.37. The number of benzene rings is 2. The lowest BCUT2D eigenvalue weighted by atomic mass is 10.0. The largest absolute Gasteiger partial charge is 0.496 e. The standard InChI is InChI=1S/C14H9Cl2FO2/c1-19-12-4-2-3-11(17)13(12)14(18)9-6-5-8(15)7-10(9)16/h2-7H,1H3. The third kappa shape index (κ3) is 2.72. The summed E-state index contributed by atoms with van der Waals surface area (Å²) in [5, 5.41) is 0.574. The fourth-order valence-electron chi connectivity index (χ4n) is 1.70. The van der Waals surface area contributed by atoms with Gasteiger partial charge in [-0.05, 0) is 30.3 Å². The molecule has 0 aliphatic carbocycles. The normalized spacial score (nSPS) is 10.3. The van der Waals surface area contributed by atoms with Crippen LogP contribution in [0.25, 0.3) is 0 Å². The number of carbonyl (C=O) groups is 1. The second kappa shape index (κ2) is 5.59. The van der Waals surface area contributed by atoms with Crippen molar-refractivity contribution < 1.29 is 13.9 Å². The first-order chi connectivity index (χ1) is 9.04. The average molecular weight is 299 g/mol. The molecule has 2 aromatic rings. The molecule has 19 heavy (non-hydrogen) atoms. The van der Waals surface area contributed by atoms with Crippen LogP contribution in [0.15, 0.2) is 36.4 Å². The topological polar surface area (TPSA) is 26.3 Å². The van der Waals surface area contributed by atoms with Gasteiger partial charge in [0, 0.05) is 10.6 Å². The van der Waals surface area contributed by atoms with E-state index in [9.17, 15) is 9.18 Å². The van der Waals surface area contributed by atoms with Crippen LogP contribution in [0, 0.1) is 5.82 Å². The maximum atomic E-state index is 13.8. The zero-order valence-corrected chi connectivity index (χ0v) is 11.4. The van der Waals surface area contributed by atoms with E-state index in [1.54, 1.807) is 0 Å². The van der Waals surface area contributed by atoms with E-state index in [-0.39, 0.29) is 21.9 Å². The van der Waals surface area contributed by atoms with Gasteiger partial charge in [-0.15, -0.1) is 0 Å². The van der Waals surface area contributed by atoms with Gasteiger partial charge >= 0.3 is 0 Å². The Morgan fingerprint density at radius 3 is 2.58 bits per heavy atom. The summed E-state index contributed by atoms with van der Waals surface area (Å²) >= 11 is 11.7. The van der Waals surface area contributed by atoms with Crippen molar-refractivity contribution in [3.05, 3.63) is 63.4 Å². The number of ketones is 1. The van der Waals surface area contributed by atoms with E-state index in [1.165, 1.54) is 43.5 Å². The van der Waals surface area contributed by atoms with Gasteiger partial charge in [0.1, 0.15) is 17.1 Å². The summed E-state index contributed by atoms with van der Waals surface area (Å²) in [4.78, 5) is 12.3. The quantitative estimate of drug-likeness (QED) is 0.787.